The average Bonchev–Trinajstić information content (AvgIpc) is 3.02. The maximum Gasteiger partial charge on any atom is 0.0991 e. The van der Waals surface area contributed by atoms with Gasteiger partial charge in [-0.15, -0.1) is 0 Å². The molecule has 0 unspecified atom stereocenters. The number of aryl methyl sites for hydroxylation is 1. The van der Waals surface area contributed by atoms with Gasteiger partial charge in [0.2, 0.25) is 0 Å². The Morgan fingerprint density at radius 3 is 2.62 bits per heavy atom. The Kier molecular flexibility index (Phi) is 4.07. The van der Waals surface area contributed by atoms with E-state index in [2.05, 4.69) is 39.6 Å². The van der Waals surface area contributed by atoms with Crippen LogP contribution in [0.4, 0.5) is 0 Å². The minimum Gasteiger partial charge on any atom is -0.307 e. The normalized spacial score (nSPS) is 10.7. The summed E-state index contributed by atoms with van der Waals surface area (Å²) in [5, 5.41) is 3.42. The van der Waals surface area contributed by atoms with Crippen LogP contribution in [0.5, 0.6) is 0 Å². The van der Waals surface area contributed by atoms with Crippen molar-refractivity contribution >= 4 is 0 Å². The minimum atomic E-state index is 0.783. The van der Waals surface area contributed by atoms with E-state index >= 15 is 0 Å². The number of benzene rings is 1. The monoisotopic (exact) mass is 278 g/mol. The SMILES string of the molecule is Cc1cccc(CNCc2ccc(-n3ccnc3)cc2)n1. The molecular weight excluding hydrogens is 260 g/mol. The highest BCUT2D eigenvalue weighted by Gasteiger charge is 1.98. The van der Waals surface area contributed by atoms with Crippen LogP contribution in [-0.4, -0.2) is 14.5 Å². The van der Waals surface area contributed by atoms with Crippen LogP contribution in [0.15, 0.2) is 61.2 Å². The summed E-state index contributed by atoms with van der Waals surface area (Å²) in [6, 6.07) is 14.6. The van der Waals surface area contributed by atoms with Gasteiger partial charge in [-0.1, -0.05) is 18.2 Å². The molecule has 0 aliphatic carbocycles. The fourth-order valence-corrected chi connectivity index (χ4v) is 2.23. The first-order chi connectivity index (χ1) is 10.3. The lowest BCUT2D eigenvalue weighted by Crippen LogP contribution is -2.13. The van der Waals surface area contributed by atoms with E-state index in [1.54, 1.807) is 12.5 Å². The second kappa shape index (κ2) is 6.33. The Morgan fingerprint density at radius 1 is 1.05 bits per heavy atom. The van der Waals surface area contributed by atoms with E-state index in [-0.39, 0.29) is 0 Å². The van der Waals surface area contributed by atoms with Gasteiger partial charge in [0.15, 0.2) is 0 Å². The van der Waals surface area contributed by atoms with Gasteiger partial charge < -0.3 is 9.88 Å². The summed E-state index contributed by atoms with van der Waals surface area (Å²) in [4.78, 5) is 8.53. The largest absolute Gasteiger partial charge is 0.307 e. The predicted octanol–water partition coefficient (Wildman–Crippen LogP) is 2.87. The first kappa shape index (κ1) is 13.5. The van der Waals surface area contributed by atoms with Crippen molar-refractivity contribution in [3.63, 3.8) is 0 Å². The molecule has 1 N–H and O–H groups in total. The number of hydrogen-bond acceptors (Lipinski definition) is 3. The van der Waals surface area contributed by atoms with E-state index in [4.69, 9.17) is 0 Å². The van der Waals surface area contributed by atoms with Crippen molar-refractivity contribution in [3.05, 3.63) is 78.1 Å². The summed E-state index contributed by atoms with van der Waals surface area (Å²) < 4.78 is 1.99. The van der Waals surface area contributed by atoms with Crippen molar-refractivity contribution < 1.29 is 0 Å². The third-order valence-electron chi connectivity index (χ3n) is 3.32. The zero-order valence-electron chi connectivity index (χ0n) is 12.0. The molecule has 0 radical (unpaired) electrons. The molecule has 3 aromatic rings. The lowest BCUT2D eigenvalue weighted by molar-refractivity contribution is 0.678. The van der Waals surface area contributed by atoms with Crippen molar-refractivity contribution in [2.75, 3.05) is 0 Å². The number of nitrogens with one attached hydrogen (secondary N) is 1. The molecular formula is C17H18N4. The van der Waals surface area contributed by atoms with Crippen LogP contribution in [-0.2, 0) is 13.1 Å². The second-order valence-electron chi connectivity index (χ2n) is 5.01. The van der Waals surface area contributed by atoms with Gasteiger partial charge in [-0.25, -0.2) is 4.98 Å². The lowest BCUT2D eigenvalue weighted by Gasteiger charge is -2.07. The van der Waals surface area contributed by atoms with E-state index in [0.29, 0.717) is 0 Å². The Balaban J connectivity index is 1.56. The van der Waals surface area contributed by atoms with Crippen LogP contribution in [0.1, 0.15) is 17.0 Å². The molecule has 2 heterocycles. The van der Waals surface area contributed by atoms with Gasteiger partial charge >= 0.3 is 0 Å². The number of hydrogen-bond donors (Lipinski definition) is 1. The van der Waals surface area contributed by atoms with Gasteiger partial charge in [0.25, 0.3) is 0 Å². The van der Waals surface area contributed by atoms with Crippen molar-refractivity contribution in [2.45, 2.75) is 20.0 Å². The molecule has 0 saturated heterocycles. The van der Waals surface area contributed by atoms with Gasteiger partial charge in [-0.2, -0.15) is 0 Å². The molecule has 0 bridgehead atoms. The van der Waals surface area contributed by atoms with Crippen LogP contribution >= 0.6 is 0 Å². The maximum atomic E-state index is 4.48. The summed E-state index contributed by atoms with van der Waals surface area (Å²) >= 11 is 0. The summed E-state index contributed by atoms with van der Waals surface area (Å²) in [6.45, 7) is 3.63. The van der Waals surface area contributed by atoms with E-state index < -0.39 is 0 Å². The molecule has 2 aromatic heterocycles. The maximum absolute atomic E-state index is 4.48. The second-order valence-corrected chi connectivity index (χ2v) is 5.01. The fraction of sp³-hybridized carbons (Fsp3) is 0.176. The summed E-state index contributed by atoms with van der Waals surface area (Å²) in [7, 11) is 0. The number of aromatic nitrogens is 3. The van der Waals surface area contributed by atoms with Crippen LogP contribution in [0, 0.1) is 6.92 Å². The number of imidazole rings is 1. The summed E-state index contributed by atoms with van der Waals surface area (Å²) in [5.74, 6) is 0. The van der Waals surface area contributed by atoms with Gasteiger partial charge in [-0.05, 0) is 36.8 Å². The van der Waals surface area contributed by atoms with Crippen LogP contribution in [0.25, 0.3) is 5.69 Å². The summed E-state index contributed by atoms with van der Waals surface area (Å²) in [6.07, 6.45) is 5.53. The van der Waals surface area contributed by atoms with Crippen LogP contribution in [0.3, 0.4) is 0 Å². The number of nitrogens with zero attached hydrogens (tertiary/aromatic N) is 3. The molecule has 21 heavy (non-hydrogen) atoms. The van der Waals surface area contributed by atoms with E-state index in [0.717, 1.165) is 30.2 Å². The lowest BCUT2D eigenvalue weighted by atomic mass is 10.2. The first-order valence-corrected chi connectivity index (χ1v) is 7.02. The zero-order valence-corrected chi connectivity index (χ0v) is 12.0. The molecule has 4 nitrogen and oxygen atoms in total. The average molecular weight is 278 g/mol. The molecule has 0 spiro atoms. The van der Waals surface area contributed by atoms with Crippen molar-refractivity contribution in [1.29, 1.82) is 0 Å². The quantitative estimate of drug-likeness (QED) is 0.780. The van der Waals surface area contributed by atoms with Crippen molar-refractivity contribution in [1.82, 2.24) is 19.9 Å². The van der Waals surface area contributed by atoms with E-state index in [9.17, 15) is 0 Å². The molecule has 106 valence electrons. The van der Waals surface area contributed by atoms with Gasteiger partial charge in [0, 0.05) is 36.9 Å². The molecule has 0 aliphatic rings. The zero-order chi connectivity index (χ0) is 14.5. The highest BCUT2D eigenvalue weighted by Crippen LogP contribution is 2.09. The molecule has 0 saturated carbocycles. The molecule has 0 atom stereocenters. The smallest absolute Gasteiger partial charge is 0.0991 e. The molecule has 1 aromatic carbocycles. The Hall–Kier alpha value is -2.46. The van der Waals surface area contributed by atoms with Crippen molar-refractivity contribution in [2.24, 2.45) is 0 Å². The fourth-order valence-electron chi connectivity index (χ4n) is 2.23. The highest BCUT2D eigenvalue weighted by atomic mass is 15.0. The predicted molar refractivity (Wildman–Crippen MR) is 83.1 cm³/mol. The van der Waals surface area contributed by atoms with Crippen LogP contribution in [0.2, 0.25) is 0 Å². The minimum absolute atomic E-state index is 0.783. The third-order valence-corrected chi connectivity index (χ3v) is 3.32. The topological polar surface area (TPSA) is 42.7 Å². The molecule has 3 rings (SSSR count). The molecule has 0 fully saturated rings. The number of rotatable bonds is 5. The van der Waals surface area contributed by atoms with Crippen molar-refractivity contribution in [3.8, 4) is 5.69 Å². The molecule has 0 aliphatic heterocycles. The van der Waals surface area contributed by atoms with Gasteiger partial charge in [-0.3, -0.25) is 4.98 Å². The Labute approximate surface area is 124 Å². The van der Waals surface area contributed by atoms with E-state index in [1.165, 1.54) is 5.56 Å². The highest BCUT2D eigenvalue weighted by molar-refractivity contribution is 5.34. The number of pyridine rings is 1. The summed E-state index contributed by atoms with van der Waals surface area (Å²) in [5.41, 5.74) is 4.51. The van der Waals surface area contributed by atoms with Gasteiger partial charge in [0.05, 0.1) is 12.0 Å². The Morgan fingerprint density at radius 2 is 1.90 bits per heavy atom. The Bertz CT molecular complexity index is 687. The first-order valence-electron chi connectivity index (χ1n) is 7.02. The van der Waals surface area contributed by atoms with E-state index in [1.807, 2.05) is 35.9 Å². The molecule has 0 amide bonds. The molecule has 4 heteroatoms. The van der Waals surface area contributed by atoms with Gasteiger partial charge in [0.1, 0.15) is 0 Å². The third kappa shape index (κ3) is 3.55. The standard InChI is InChI=1S/C17H18N4/c1-14-3-2-4-16(20-14)12-19-11-15-5-7-17(8-6-15)21-10-9-18-13-21/h2-10,13,19H,11-12H2,1H3. The van der Waals surface area contributed by atoms with Crippen LogP contribution < -0.4 is 5.32 Å².